The van der Waals surface area contributed by atoms with Gasteiger partial charge in [-0.1, -0.05) is 18.2 Å². The van der Waals surface area contributed by atoms with Crippen LogP contribution in [-0.4, -0.2) is 43.3 Å². The molecule has 1 atom stereocenters. The zero-order valence-corrected chi connectivity index (χ0v) is 13.7. The van der Waals surface area contributed by atoms with Crippen molar-refractivity contribution >= 4 is 17.8 Å². The van der Waals surface area contributed by atoms with Gasteiger partial charge in [0.25, 0.3) is 0 Å². The second kappa shape index (κ2) is 9.61. The highest BCUT2D eigenvalue weighted by atomic mass is 19.4. The predicted octanol–water partition coefficient (Wildman–Crippen LogP) is 0.440. The van der Waals surface area contributed by atoms with E-state index in [-0.39, 0.29) is 37.7 Å². The first-order chi connectivity index (χ1) is 12.1. The number of primary amides is 1. The van der Waals surface area contributed by atoms with Crippen molar-refractivity contribution in [2.45, 2.75) is 25.3 Å². The molecule has 144 valence electrons. The van der Waals surface area contributed by atoms with Crippen molar-refractivity contribution in [3.63, 3.8) is 0 Å². The molecule has 0 aromatic heterocycles. The molecule has 0 aliphatic carbocycles. The van der Waals surface area contributed by atoms with E-state index in [2.05, 4.69) is 9.73 Å². The molecule has 8 nitrogen and oxygen atoms in total. The quantitative estimate of drug-likeness (QED) is 0.247. The van der Waals surface area contributed by atoms with Gasteiger partial charge < -0.3 is 26.7 Å². The fourth-order valence-electron chi connectivity index (χ4n) is 1.90. The van der Waals surface area contributed by atoms with E-state index in [1.165, 1.54) is 6.07 Å². The van der Waals surface area contributed by atoms with Crippen LogP contribution in [0.4, 0.5) is 13.2 Å². The third kappa shape index (κ3) is 7.38. The number of carbonyl (C=O) groups is 2. The molecule has 1 aromatic carbocycles. The number of benzene rings is 1. The van der Waals surface area contributed by atoms with Gasteiger partial charge in [-0.3, -0.25) is 4.79 Å². The minimum atomic E-state index is -5.13. The number of guanidine groups is 1. The second-order valence-corrected chi connectivity index (χ2v) is 5.15. The summed E-state index contributed by atoms with van der Waals surface area (Å²) in [5.74, 6) is -3.32. The SMILES string of the molecule is NC(=O)c1ccccc1COCCC(CN=C(N)N)OC(=O)C(F)(F)F. The summed E-state index contributed by atoms with van der Waals surface area (Å²) in [7, 11) is 0. The average Bonchev–Trinajstić information content (AvgIpc) is 2.55. The first-order valence-electron chi connectivity index (χ1n) is 7.40. The fraction of sp³-hybridized carbons (Fsp3) is 0.400. The molecular weight excluding hydrogens is 357 g/mol. The van der Waals surface area contributed by atoms with Crippen LogP contribution in [0.3, 0.4) is 0 Å². The number of carbonyl (C=O) groups excluding carboxylic acids is 2. The summed E-state index contributed by atoms with van der Waals surface area (Å²) in [5, 5.41) is 0. The number of amides is 1. The summed E-state index contributed by atoms with van der Waals surface area (Å²) in [6, 6.07) is 6.46. The highest BCUT2D eigenvalue weighted by Crippen LogP contribution is 2.18. The molecule has 0 spiro atoms. The molecule has 11 heteroatoms. The van der Waals surface area contributed by atoms with Crippen molar-refractivity contribution in [3.8, 4) is 0 Å². The molecule has 0 bridgehead atoms. The lowest BCUT2D eigenvalue weighted by Crippen LogP contribution is -2.33. The van der Waals surface area contributed by atoms with E-state index < -0.39 is 24.2 Å². The van der Waals surface area contributed by atoms with Gasteiger partial charge in [0.2, 0.25) is 5.91 Å². The lowest BCUT2D eigenvalue weighted by atomic mass is 10.1. The summed E-state index contributed by atoms with van der Waals surface area (Å²) >= 11 is 0. The standard InChI is InChI=1S/C15H19F3N4O4/c16-15(17,18)13(24)26-10(7-22-14(20)21)5-6-25-8-9-3-1-2-4-11(9)12(19)23/h1-4,10H,5-8H2,(H2,19,23)(H4,20,21,22). The second-order valence-electron chi connectivity index (χ2n) is 5.15. The number of ether oxygens (including phenoxy) is 2. The van der Waals surface area contributed by atoms with Gasteiger partial charge in [-0.25, -0.2) is 9.79 Å². The molecule has 1 amide bonds. The van der Waals surface area contributed by atoms with Crippen LogP contribution >= 0.6 is 0 Å². The van der Waals surface area contributed by atoms with Crippen LogP contribution in [0.1, 0.15) is 22.3 Å². The Kier molecular flexibility index (Phi) is 7.84. The minimum absolute atomic E-state index is 0.00134. The largest absolute Gasteiger partial charge is 0.490 e. The van der Waals surface area contributed by atoms with Crippen LogP contribution in [0.5, 0.6) is 0 Å². The molecule has 0 fully saturated rings. The Labute approximate surface area is 147 Å². The van der Waals surface area contributed by atoms with E-state index in [0.717, 1.165) is 0 Å². The van der Waals surface area contributed by atoms with Crippen LogP contribution in [0.15, 0.2) is 29.3 Å². The lowest BCUT2D eigenvalue weighted by molar-refractivity contribution is -0.205. The molecule has 6 N–H and O–H groups in total. The molecule has 0 saturated carbocycles. The van der Waals surface area contributed by atoms with Gasteiger partial charge in [-0.15, -0.1) is 0 Å². The van der Waals surface area contributed by atoms with E-state index in [1.807, 2.05) is 0 Å². The Morgan fingerprint density at radius 3 is 2.38 bits per heavy atom. The summed E-state index contributed by atoms with van der Waals surface area (Å²) in [6.07, 6.45) is -6.44. The van der Waals surface area contributed by atoms with Crippen LogP contribution in [0.25, 0.3) is 0 Å². The van der Waals surface area contributed by atoms with Crippen molar-refractivity contribution in [1.82, 2.24) is 0 Å². The van der Waals surface area contributed by atoms with E-state index in [4.69, 9.17) is 21.9 Å². The molecule has 0 heterocycles. The monoisotopic (exact) mass is 376 g/mol. The number of hydrogen-bond donors (Lipinski definition) is 3. The molecule has 1 aromatic rings. The Morgan fingerprint density at radius 1 is 1.15 bits per heavy atom. The highest BCUT2D eigenvalue weighted by Gasteiger charge is 2.42. The summed E-state index contributed by atoms with van der Waals surface area (Å²) in [4.78, 5) is 25.8. The average molecular weight is 376 g/mol. The van der Waals surface area contributed by atoms with Crippen LogP contribution in [-0.2, 0) is 20.9 Å². The fourth-order valence-corrected chi connectivity index (χ4v) is 1.90. The highest BCUT2D eigenvalue weighted by molar-refractivity contribution is 5.94. The van der Waals surface area contributed by atoms with Gasteiger partial charge >= 0.3 is 12.1 Å². The maximum Gasteiger partial charge on any atom is 0.490 e. The number of hydrogen-bond acceptors (Lipinski definition) is 5. The molecule has 1 unspecified atom stereocenters. The summed E-state index contributed by atoms with van der Waals surface area (Å²) in [5.41, 5.74) is 16.3. The first-order valence-corrected chi connectivity index (χ1v) is 7.40. The third-order valence-electron chi connectivity index (χ3n) is 3.11. The molecule has 26 heavy (non-hydrogen) atoms. The third-order valence-corrected chi connectivity index (χ3v) is 3.11. The zero-order chi connectivity index (χ0) is 19.7. The van der Waals surface area contributed by atoms with Crippen molar-refractivity contribution in [3.05, 3.63) is 35.4 Å². The molecular formula is C15H19F3N4O4. The van der Waals surface area contributed by atoms with Gasteiger partial charge in [0.05, 0.1) is 19.8 Å². The van der Waals surface area contributed by atoms with Crippen LogP contribution in [0.2, 0.25) is 0 Å². The maximum atomic E-state index is 12.3. The number of esters is 1. The topological polar surface area (TPSA) is 143 Å². The maximum absolute atomic E-state index is 12.3. The Balaban J connectivity index is 2.60. The van der Waals surface area contributed by atoms with Crippen molar-refractivity contribution < 1.29 is 32.2 Å². The number of alkyl halides is 3. The van der Waals surface area contributed by atoms with Crippen molar-refractivity contribution in [1.29, 1.82) is 0 Å². The normalized spacial score (nSPS) is 12.3. The zero-order valence-electron chi connectivity index (χ0n) is 13.7. The molecule has 0 aliphatic heterocycles. The number of rotatable bonds is 9. The molecule has 0 saturated heterocycles. The number of nitrogens with two attached hydrogens (primary N) is 3. The Bertz CT molecular complexity index is 661. The van der Waals surface area contributed by atoms with Gasteiger partial charge in [0.15, 0.2) is 5.96 Å². The predicted molar refractivity (Wildman–Crippen MR) is 85.8 cm³/mol. The summed E-state index contributed by atoms with van der Waals surface area (Å²) in [6.45, 7) is -0.407. The minimum Gasteiger partial charge on any atom is -0.454 e. The number of aliphatic imine (C=N–C) groups is 1. The van der Waals surface area contributed by atoms with E-state index in [9.17, 15) is 22.8 Å². The van der Waals surface area contributed by atoms with Crippen LogP contribution in [0, 0.1) is 0 Å². The van der Waals surface area contributed by atoms with Crippen LogP contribution < -0.4 is 17.2 Å². The number of halogens is 3. The first kappa shape index (κ1) is 21.2. The van der Waals surface area contributed by atoms with E-state index >= 15 is 0 Å². The summed E-state index contributed by atoms with van der Waals surface area (Å²) < 4.78 is 46.6. The van der Waals surface area contributed by atoms with E-state index in [1.54, 1.807) is 18.2 Å². The molecule has 0 radical (unpaired) electrons. The van der Waals surface area contributed by atoms with Gasteiger partial charge in [0.1, 0.15) is 6.10 Å². The Hall–Kier alpha value is -2.82. The number of nitrogens with zero attached hydrogens (tertiary/aromatic N) is 1. The smallest absolute Gasteiger partial charge is 0.454 e. The lowest BCUT2D eigenvalue weighted by Gasteiger charge is -2.17. The Morgan fingerprint density at radius 2 is 1.81 bits per heavy atom. The van der Waals surface area contributed by atoms with Crippen molar-refractivity contribution in [2.75, 3.05) is 13.2 Å². The van der Waals surface area contributed by atoms with Gasteiger partial charge in [-0.05, 0) is 11.6 Å². The van der Waals surface area contributed by atoms with Gasteiger partial charge in [0, 0.05) is 12.0 Å². The van der Waals surface area contributed by atoms with Crippen molar-refractivity contribution in [2.24, 2.45) is 22.2 Å². The van der Waals surface area contributed by atoms with Gasteiger partial charge in [-0.2, -0.15) is 13.2 Å². The van der Waals surface area contributed by atoms with E-state index in [0.29, 0.717) is 5.56 Å². The molecule has 0 aliphatic rings. The molecule has 1 rings (SSSR count).